The molecular weight excluding hydrogens is 386 g/mol. The summed E-state index contributed by atoms with van der Waals surface area (Å²) >= 11 is 1.49. The Morgan fingerprint density at radius 3 is 2.55 bits per heavy atom. The first-order valence-electron chi connectivity index (χ1n) is 10.4. The molecule has 2 aromatic rings. The van der Waals surface area contributed by atoms with Crippen LogP contribution in [0, 0.1) is 0 Å². The van der Waals surface area contributed by atoms with Gasteiger partial charge in [-0.1, -0.05) is 12.1 Å². The molecule has 0 spiro atoms. The van der Waals surface area contributed by atoms with E-state index < -0.39 is 6.10 Å². The fraction of sp³-hybridized carbons (Fsp3) is 0.478. The van der Waals surface area contributed by atoms with Gasteiger partial charge in [-0.3, -0.25) is 4.79 Å². The second-order valence-corrected chi connectivity index (χ2v) is 8.86. The van der Waals surface area contributed by atoms with Gasteiger partial charge < -0.3 is 14.8 Å². The highest BCUT2D eigenvalue weighted by molar-refractivity contribution is 7.17. The van der Waals surface area contributed by atoms with Crippen LogP contribution in [-0.4, -0.2) is 25.1 Å². The number of nitrogens with one attached hydrogen (secondary N) is 1. The van der Waals surface area contributed by atoms with Crippen LogP contribution in [0.2, 0.25) is 0 Å². The van der Waals surface area contributed by atoms with Crippen LogP contribution in [0.3, 0.4) is 0 Å². The van der Waals surface area contributed by atoms with E-state index in [9.17, 15) is 9.59 Å². The third-order valence-electron chi connectivity index (χ3n) is 5.82. The van der Waals surface area contributed by atoms with E-state index in [1.807, 2.05) is 12.1 Å². The summed E-state index contributed by atoms with van der Waals surface area (Å²) in [6.07, 6.45) is 7.72. The number of benzene rings is 1. The van der Waals surface area contributed by atoms with Crippen molar-refractivity contribution in [3.05, 3.63) is 45.3 Å². The van der Waals surface area contributed by atoms with Crippen molar-refractivity contribution < 1.29 is 19.1 Å². The predicted octanol–water partition coefficient (Wildman–Crippen LogP) is 4.70. The first-order valence-corrected chi connectivity index (χ1v) is 11.2. The summed E-state index contributed by atoms with van der Waals surface area (Å²) in [6, 6.07) is 6.08. The maximum Gasteiger partial charge on any atom is 0.341 e. The number of ether oxygens (including phenoxy) is 2. The van der Waals surface area contributed by atoms with Gasteiger partial charge in [0.15, 0.2) is 6.10 Å². The number of thiophene rings is 1. The van der Waals surface area contributed by atoms with E-state index in [-0.39, 0.29) is 11.9 Å². The van der Waals surface area contributed by atoms with E-state index in [1.165, 1.54) is 40.9 Å². The SMILES string of the molecule is COC(=O)c1c(NC(=O)[C@@H](C)Oc2cccc3c2CCCC3)sc2c1CCCC2. The number of hydrogen-bond donors (Lipinski definition) is 1. The van der Waals surface area contributed by atoms with E-state index >= 15 is 0 Å². The van der Waals surface area contributed by atoms with Crippen LogP contribution < -0.4 is 10.1 Å². The zero-order valence-electron chi connectivity index (χ0n) is 17.0. The Morgan fingerprint density at radius 2 is 1.76 bits per heavy atom. The average Bonchev–Trinajstić information content (AvgIpc) is 3.11. The molecule has 2 aliphatic rings. The highest BCUT2D eigenvalue weighted by Crippen LogP contribution is 2.38. The Morgan fingerprint density at radius 1 is 1.03 bits per heavy atom. The molecular formula is C23H27NO4S. The van der Waals surface area contributed by atoms with Gasteiger partial charge in [-0.05, 0) is 81.0 Å². The topological polar surface area (TPSA) is 64.6 Å². The van der Waals surface area contributed by atoms with Gasteiger partial charge in [0.25, 0.3) is 5.91 Å². The van der Waals surface area contributed by atoms with E-state index in [2.05, 4.69) is 11.4 Å². The van der Waals surface area contributed by atoms with Crippen LogP contribution in [0.25, 0.3) is 0 Å². The molecule has 1 amide bonds. The van der Waals surface area contributed by atoms with Crippen LogP contribution in [0.1, 0.15) is 64.5 Å². The lowest BCUT2D eigenvalue weighted by Crippen LogP contribution is -2.31. The number of aryl methyl sites for hydroxylation is 2. The molecule has 4 rings (SSSR count). The smallest absolute Gasteiger partial charge is 0.341 e. The molecule has 0 saturated heterocycles. The van der Waals surface area contributed by atoms with Gasteiger partial charge in [0.05, 0.1) is 12.7 Å². The summed E-state index contributed by atoms with van der Waals surface area (Å²) < 4.78 is 11.0. The average molecular weight is 414 g/mol. The van der Waals surface area contributed by atoms with Gasteiger partial charge in [0, 0.05) is 4.88 Å². The van der Waals surface area contributed by atoms with Crippen LogP contribution in [0.5, 0.6) is 5.75 Å². The number of rotatable bonds is 5. The van der Waals surface area contributed by atoms with Crippen molar-refractivity contribution in [1.82, 2.24) is 0 Å². The molecule has 1 atom stereocenters. The fourth-order valence-electron chi connectivity index (χ4n) is 4.29. The summed E-state index contributed by atoms with van der Waals surface area (Å²) in [5.74, 6) is 0.163. The zero-order chi connectivity index (χ0) is 20.4. The summed E-state index contributed by atoms with van der Waals surface area (Å²) in [4.78, 5) is 26.4. The van der Waals surface area contributed by atoms with E-state index in [0.29, 0.717) is 10.6 Å². The normalized spacial score (nSPS) is 16.3. The Balaban J connectivity index is 1.53. The lowest BCUT2D eigenvalue weighted by molar-refractivity contribution is -0.122. The first kappa shape index (κ1) is 20.0. The van der Waals surface area contributed by atoms with Crippen LogP contribution in [-0.2, 0) is 35.2 Å². The molecule has 2 aliphatic carbocycles. The minimum absolute atomic E-state index is 0.248. The lowest BCUT2D eigenvalue weighted by atomic mass is 9.91. The van der Waals surface area contributed by atoms with Crippen molar-refractivity contribution in [3.8, 4) is 5.75 Å². The molecule has 6 heteroatoms. The van der Waals surface area contributed by atoms with Crippen molar-refractivity contribution in [2.75, 3.05) is 12.4 Å². The minimum Gasteiger partial charge on any atom is -0.481 e. The van der Waals surface area contributed by atoms with E-state index in [1.54, 1.807) is 6.92 Å². The third-order valence-corrected chi connectivity index (χ3v) is 7.03. The highest BCUT2D eigenvalue weighted by Gasteiger charge is 2.28. The number of anilines is 1. The van der Waals surface area contributed by atoms with E-state index in [4.69, 9.17) is 9.47 Å². The number of hydrogen-bond acceptors (Lipinski definition) is 5. The molecule has 29 heavy (non-hydrogen) atoms. The fourth-order valence-corrected chi connectivity index (χ4v) is 5.57. The number of fused-ring (bicyclic) bond motifs is 2. The van der Waals surface area contributed by atoms with Crippen LogP contribution >= 0.6 is 11.3 Å². The molecule has 1 N–H and O–H groups in total. The second kappa shape index (κ2) is 8.57. The summed E-state index contributed by atoms with van der Waals surface area (Å²) in [7, 11) is 1.38. The number of carbonyl (C=O) groups excluding carboxylic acids is 2. The predicted molar refractivity (Wildman–Crippen MR) is 114 cm³/mol. The zero-order valence-corrected chi connectivity index (χ0v) is 17.8. The second-order valence-electron chi connectivity index (χ2n) is 7.76. The Bertz CT molecular complexity index is 933. The molecule has 1 aromatic carbocycles. The molecule has 0 unspecified atom stereocenters. The molecule has 1 aromatic heterocycles. The minimum atomic E-state index is -0.659. The number of amides is 1. The maximum absolute atomic E-state index is 12.9. The molecule has 1 heterocycles. The quantitative estimate of drug-likeness (QED) is 0.722. The van der Waals surface area contributed by atoms with Crippen molar-refractivity contribution in [3.63, 3.8) is 0 Å². The van der Waals surface area contributed by atoms with Crippen LogP contribution in [0.4, 0.5) is 5.00 Å². The van der Waals surface area contributed by atoms with Gasteiger partial charge >= 0.3 is 5.97 Å². The summed E-state index contributed by atoms with van der Waals surface area (Å²) in [6.45, 7) is 1.75. The molecule has 0 saturated carbocycles. The van der Waals surface area contributed by atoms with Crippen molar-refractivity contribution in [2.24, 2.45) is 0 Å². The van der Waals surface area contributed by atoms with Crippen molar-refractivity contribution in [1.29, 1.82) is 0 Å². The van der Waals surface area contributed by atoms with Crippen molar-refractivity contribution >= 4 is 28.2 Å². The molecule has 5 nitrogen and oxygen atoms in total. The molecule has 0 fully saturated rings. The van der Waals surface area contributed by atoms with Crippen molar-refractivity contribution in [2.45, 2.75) is 64.4 Å². The first-order chi connectivity index (χ1) is 14.1. The molecule has 0 radical (unpaired) electrons. The van der Waals surface area contributed by atoms with Crippen LogP contribution in [0.15, 0.2) is 18.2 Å². The van der Waals surface area contributed by atoms with Gasteiger partial charge in [0.1, 0.15) is 10.8 Å². The number of carbonyl (C=O) groups is 2. The highest BCUT2D eigenvalue weighted by atomic mass is 32.1. The summed E-state index contributed by atoms with van der Waals surface area (Å²) in [5, 5.41) is 3.52. The number of esters is 1. The molecule has 0 bridgehead atoms. The van der Waals surface area contributed by atoms with Gasteiger partial charge in [-0.2, -0.15) is 0 Å². The monoisotopic (exact) mass is 413 g/mol. The maximum atomic E-state index is 12.9. The summed E-state index contributed by atoms with van der Waals surface area (Å²) in [5.41, 5.74) is 4.10. The Hall–Kier alpha value is -2.34. The third kappa shape index (κ3) is 4.04. The number of methoxy groups -OCH3 is 1. The van der Waals surface area contributed by atoms with Gasteiger partial charge in [0.2, 0.25) is 0 Å². The standard InChI is InChI=1S/C23H27NO4S/c1-14(28-18-12-7-9-15-8-3-4-10-16(15)18)21(25)24-22-20(23(26)27-2)17-11-5-6-13-19(17)29-22/h7,9,12,14H,3-6,8,10-11,13H2,1-2H3,(H,24,25)/t14-/m1/s1. The lowest BCUT2D eigenvalue weighted by Gasteiger charge is -2.22. The Labute approximate surface area is 175 Å². The van der Waals surface area contributed by atoms with E-state index in [0.717, 1.165) is 56.3 Å². The largest absolute Gasteiger partial charge is 0.481 e. The molecule has 154 valence electrons. The molecule has 0 aliphatic heterocycles. The van der Waals surface area contributed by atoms with Gasteiger partial charge in [-0.25, -0.2) is 4.79 Å². The van der Waals surface area contributed by atoms with Gasteiger partial charge in [-0.15, -0.1) is 11.3 Å². The Kier molecular flexibility index (Phi) is 5.90.